The fourth-order valence-electron chi connectivity index (χ4n) is 3.08. The first-order valence-electron chi connectivity index (χ1n) is 8.75. The molecular formula is C19H28N2O4. The zero-order chi connectivity index (χ0) is 18.4. The molecule has 0 heterocycles. The molecule has 1 aromatic rings. The van der Waals surface area contributed by atoms with Gasteiger partial charge in [0, 0.05) is 30.2 Å². The molecule has 1 saturated carbocycles. The third-order valence-corrected chi connectivity index (χ3v) is 4.30. The number of carbonyl (C=O) groups is 2. The van der Waals surface area contributed by atoms with Crippen LogP contribution in [0.2, 0.25) is 0 Å². The Morgan fingerprint density at radius 3 is 2.44 bits per heavy atom. The number of amides is 2. The van der Waals surface area contributed by atoms with Crippen molar-refractivity contribution in [3.63, 3.8) is 0 Å². The van der Waals surface area contributed by atoms with E-state index in [-0.39, 0.29) is 30.5 Å². The first-order valence-corrected chi connectivity index (χ1v) is 8.75. The molecule has 25 heavy (non-hydrogen) atoms. The van der Waals surface area contributed by atoms with E-state index in [0.717, 1.165) is 12.8 Å². The van der Waals surface area contributed by atoms with E-state index in [1.807, 2.05) is 39.0 Å². The van der Waals surface area contributed by atoms with Gasteiger partial charge in [0.1, 0.15) is 5.60 Å². The highest BCUT2D eigenvalue weighted by molar-refractivity contribution is 5.94. The van der Waals surface area contributed by atoms with Crippen molar-refractivity contribution in [1.82, 2.24) is 10.6 Å². The van der Waals surface area contributed by atoms with E-state index < -0.39 is 11.7 Å². The first-order chi connectivity index (χ1) is 11.8. The lowest BCUT2D eigenvalue weighted by molar-refractivity contribution is 0.0468. The number of rotatable bonds is 4. The molecule has 0 aromatic heterocycles. The van der Waals surface area contributed by atoms with Crippen LogP contribution in [0.15, 0.2) is 30.3 Å². The van der Waals surface area contributed by atoms with Crippen LogP contribution in [-0.4, -0.2) is 41.4 Å². The Bertz CT molecular complexity index is 583. The lowest BCUT2D eigenvalue weighted by Gasteiger charge is -2.36. The number of carbonyl (C=O) groups excluding carboxylic acids is 2. The molecule has 0 spiro atoms. The van der Waals surface area contributed by atoms with Crippen LogP contribution in [0.1, 0.15) is 50.4 Å². The molecule has 0 saturated heterocycles. The van der Waals surface area contributed by atoms with Gasteiger partial charge >= 0.3 is 6.09 Å². The summed E-state index contributed by atoms with van der Waals surface area (Å²) >= 11 is 0. The average Bonchev–Trinajstić information content (AvgIpc) is 2.54. The Hall–Kier alpha value is -2.08. The molecule has 1 unspecified atom stereocenters. The van der Waals surface area contributed by atoms with Crippen molar-refractivity contribution in [2.45, 2.75) is 57.7 Å². The monoisotopic (exact) mass is 348 g/mol. The van der Waals surface area contributed by atoms with Gasteiger partial charge < -0.3 is 20.5 Å². The second kappa shape index (κ2) is 8.34. The fraction of sp³-hybridized carbons (Fsp3) is 0.579. The number of benzene rings is 1. The Labute approximate surface area is 149 Å². The van der Waals surface area contributed by atoms with Crippen LogP contribution in [-0.2, 0) is 4.74 Å². The predicted octanol–water partition coefficient (Wildman–Crippen LogP) is 2.47. The van der Waals surface area contributed by atoms with Crippen molar-refractivity contribution in [2.24, 2.45) is 5.92 Å². The summed E-state index contributed by atoms with van der Waals surface area (Å²) in [6.45, 7) is 5.47. The number of alkyl carbamates (subject to hydrolysis) is 1. The summed E-state index contributed by atoms with van der Waals surface area (Å²) in [6.07, 6.45) is 1.61. The maximum Gasteiger partial charge on any atom is 0.407 e. The van der Waals surface area contributed by atoms with Gasteiger partial charge in [-0.15, -0.1) is 0 Å². The molecule has 1 fully saturated rings. The molecule has 0 aliphatic heterocycles. The Morgan fingerprint density at radius 2 is 1.84 bits per heavy atom. The third-order valence-electron chi connectivity index (χ3n) is 4.30. The summed E-state index contributed by atoms with van der Waals surface area (Å²) in [7, 11) is 0. The quantitative estimate of drug-likeness (QED) is 0.780. The van der Waals surface area contributed by atoms with Crippen LogP contribution in [0.4, 0.5) is 4.79 Å². The number of hydrogen-bond acceptors (Lipinski definition) is 4. The van der Waals surface area contributed by atoms with Crippen LogP contribution >= 0.6 is 0 Å². The van der Waals surface area contributed by atoms with Gasteiger partial charge in [-0.2, -0.15) is 0 Å². The molecule has 0 bridgehead atoms. The SMILES string of the molecule is CC(C)(C)OC(=O)N[C@@H]1CC[C@H](CO)C(NC(=O)c2ccccc2)C1. The highest BCUT2D eigenvalue weighted by Crippen LogP contribution is 2.25. The van der Waals surface area contributed by atoms with Crippen LogP contribution < -0.4 is 10.6 Å². The minimum Gasteiger partial charge on any atom is -0.444 e. The summed E-state index contributed by atoms with van der Waals surface area (Å²) in [5, 5.41) is 15.5. The molecule has 0 radical (unpaired) electrons. The fourth-order valence-corrected chi connectivity index (χ4v) is 3.08. The predicted molar refractivity (Wildman–Crippen MR) is 95.3 cm³/mol. The van der Waals surface area contributed by atoms with Gasteiger partial charge in [-0.1, -0.05) is 18.2 Å². The van der Waals surface area contributed by atoms with Crippen LogP contribution in [0, 0.1) is 5.92 Å². The van der Waals surface area contributed by atoms with Crippen molar-refractivity contribution in [3.8, 4) is 0 Å². The molecule has 1 aliphatic rings. The van der Waals surface area contributed by atoms with Gasteiger partial charge in [-0.05, 0) is 52.2 Å². The Balaban J connectivity index is 1.95. The average molecular weight is 348 g/mol. The standard InChI is InChI=1S/C19H28N2O4/c1-19(2,3)25-18(24)20-15-10-9-14(12-22)16(11-15)21-17(23)13-7-5-4-6-8-13/h4-8,14-16,22H,9-12H2,1-3H3,(H,20,24)(H,21,23)/t14-,15-,16?/m1/s1. The zero-order valence-corrected chi connectivity index (χ0v) is 15.1. The molecule has 2 rings (SSSR count). The van der Waals surface area contributed by atoms with E-state index >= 15 is 0 Å². The molecule has 1 aliphatic carbocycles. The van der Waals surface area contributed by atoms with E-state index in [1.165, 1.54) is 0 Å². The smallest absolute Gasteiger partial charge is 0.407 e. The third kappa shape index (κ3) is 6.05. The molecule has 138 valence electrons. The van der Waals surface area contributed by atoms with Crippen molar-refractivity contribution in [3.05, 3.63) is 35.9 Å². The maximum absolute atomic E-state index is 12.4. The van der Waals surface area contributed by atoms with Crippen molar-refractivity contribution in [1.29, 1.82) is 0 Å². The summed E-state index contributed by atoms with van der Waals surface area (Å²) in [4.78, 5) is 24.3. The van der Waals surface area contributed by atoms with E-state index in [1.54, 1.807) is 12.1 Å². The van der Waals surface area contributed by atoms with Crippen molar-refractivity contribution in [2.75, 3.05) is 6.61 Å². The molecule has 3 atom stereocenters. The Morgan fingerprint density at radius 1 is 1.16 bits per heavy atom. The number of aliphatic hydroxyl groups is 1. The highest BCUT2D eigenvalue weighted by Gasteiger charge is 2.32. The number of aliphatic hydroxyl groups excluding tert-OH is 1. The summed E-state index contributed by atoms with van der Waals surface area (Å²) in [5.41, 5.74) is 0.0363. The second-order valence-corrected chi connectivity index (χ2v) is 7.54. The molecule has 6 heteroatoms. The van der Waals surface area contributed by atoms with E-state index in [2.05, 4.69) is 10.6 Å². The molecule has 6 nitrogen and oxygen atoms in total. The van der Waals surface area contributed by atoms with Gasteiger partial charge in [0.15, 0.2) is 0 Å². The normalized spacial score (nSPS) is 23.6. The van der Waals surface area contributed by atoms with Gasteiger partial charge in [-0.25, -0.2) is 4.79 Å². The van der Waals surface area contributed by atoms with Gasteiger partial charge in [0.05, 0.1) is 0 Å². The lowest BCUT2D eigenvalue weighted by atomic mass is 9.82. The van der Waals surface area contributed by atoms with E-state index in [0.29, 0.717) is 12.0 Å². The van der Waals surface area contributed by atoms with Gasteiger partial charge in [0.25, 0.3) is 5.91 Å². The molecule has 1 aromatic carbocycles. The summed E-state index contributed by atoms with van der Waals surface area (Å²) in [6, 6.07) is 8.71. The van der Waals surface area contributed by atoms with Crippen LogP contribution in [0.5, 0.6) is 0 Å². The van der Waals surface area contributed by atoms with Crippen LogP contribution in [0.3, 0.4) is 0 Å². The number of nitrogens with one attached hydrogen (secondary N) is 2. The van der Waals surface area contributed by atoms with E-state index in [4.69, 9.17) is 4.74 Å². The lowest BCUT2D eigenvalue weighted by Crippen LogP contribution is -2.51. The molecule has 2 amide bonds. The minimum absolute atomic E-state index is 0.00986. The molecule has 3 N–H and O–H groups in total. The minimum atomic E-state index is -0.548. The van der Waals surface area contributed by atoms with Crippen molar-refractivity contribution >= 4 is 12.0 Å². The Kier molecular flexibility index (Phi) is 6.42. The van der Waals surface area contributed by atoms with Gasteiger partial charge in [-0.3, -0.25) is 4.79 Å². The zero-order valence-electron chi connectivity index (χ0n) is 15.1. The highest BCUT2D eigenvalue weighted by atomic mass is 16.6. The number of hydrogen-bond donors (Lipinski definition) is 3. The maximum atomic E-state index is 12.4. The first kappa shape index (κ1) is 19.2. The summed E-state index contributed by atoms with van der Waals surface area (Å²) in [5.74, 6) is -0.175. The summed E-state index contributed by atoms with van der Waals surface area (Å²) < 4.78 is 5.29. The largest absolute Gasteiger partial charge is 0.444 e. The van der Waals surface area contributed by atoms with E-state index in [9.17, 15) is 14.7 Å². The molecular weight excluding hydrogens is 320 g/mol. The van der Waals surface area contributed by atoms with Crippen LogP contribution in [0.25, 0.3) is 0 Å². The number of ether oxygens (including phenoxy) is 1. The van der Waals surface area contributed by atoms with Crippen molar-refractivity contribution < 1.29 is 19.4 Å². The second-order valence-electron chi connectivity index (χ2n) is 7.54. The van der Waals surface area contributed by atoms with Gasteiger partial charge in [0.2, 0.25) is 0 Å². The topological polar surface area (TPSA) is 87.7 Å².